The number of aryl methyl sites for hydroxylation is 1. The van der Waals surface area contributed by atoms with Crippen LogP contribution in [0.3, 0.4) is 0 Å². The molecule has 1 unspecified atom stereocenters. The fourth-order valence-electron chi connectivity index (χ4n) is 2.58. The van der Waals surface area contributed by atoms with Crippen molar-refractivity contribution in [3.63, 3.8) is 0 Å². The zero-order chi connectivity index (χ0) is 13.9. The second-order valence-electron chi connectivity index (χ2n) is 4.78. The highest BCUT2D eigenvalue weighted by Gasteiger charge is 2.23. The molecular weight excluding hydrogens is 272 g/mol. The number of nitrogens with zero attached hydrogens (tertiary/aromatic N) is 1. The summed E-state index contributed by atoms with van der Waals surface area (Å²) in [6.07, 6.45) is 6.34. The van der Waals surface area contributed by atoms with Gasteiger partial charge in [-0.25, -0.2) is 0 Å². The molecule has 5 nitrogen and oxygen atoms in total. The standard InChI is InChI=1S/C14H16N4OS/c15-18-12-8-16-6-4-10(12)14(19)17-11-2-1-3-13-9(11)5-7-20-13/h4-8,11,18H,1-3,15H2,(H,17,19). The maximum atomic E-state index is 12.4. The molecule has 1 atom stereocenters. The van der Waals surface area contributed by atoms with Crippen molar-refractivity contribution in [3.8, 4) is 0 Å². The molecule has 1 amide bonds. The van der Waals surface area contributed by atoms with Crippen LogP contribution in [0.1, 0.15) is 39.7 Å². The van der Waals surface area contributed by atoms with Gasteiger partial charge < -0.3 is 10.7 Å². The summed E-state index contributed by atoms with van der Waals surface area (Å²) in [6, 6.07) is 3.87. The molecule has 2 aromatic heterocycles. The molecule has 104 valence electrons. The quantitative estimate of drug-likeness (QED) is 0.597. The molecule has 6 heteroatoms. The Kier molecular flexibility index (Phi) is 3.66. The fraction of sp³-hybridized carbons (Fsp3) is 0.286. The van der Waals surface area contributed by atoms with Crippen molar-refractivity contribution in [2.75, 3.05) is 5.43 Å². The lowest BCUT2D eigenvalue weighted by atomic mass is 9.94. The van der Waals surface area contributed by atoms with E-state index in [0.717, 1.165) is 19.3 Å². The SMILES string of the molecule is NNc1cnccc1C(=O)NC1CCCc2sccc21. The number of nitrogens with one attached hydrogen (secondary N) is 2. The molecule has 2 aromatic rings. The Labute approximate surface area is 121 Å². The van der Waals surface area contributed by atoms with E-state index in [1.165, 1.54) is 10.4 Å². The second-order valence-corrected chi connectivity index (χ2v) is 5.78. The van der Waals surface area contributed by atoms with Crippen molar-refractivity contribution >= 4 is 22.9 Å². The normalized spacial score (nSPS) is 17.4. The van der Waals surface area contributed by atoms with Gasteiger partial charge in [0.15, 0.2) is 0 Å². The minimum Gasteiger partial charge on any atom is -0.345 e. The molecule has 2 heterocycles. The zero-order valence-corrected chi connectivity index (χ0v) is 11.7. The number of nitrogens with two attached hydrogens (primary N) is 1. The van der Waals surface area contributed by atoms with Gasteiger partial charge in [0, 0.05) is 11.1 Å². The fourth-order valence-corrected chi connectivity index (χ4v) is 3.57. The van der Waals surface area contributed by atoms with Gasteiger partial charge in [0.1, 0.15) is 0 Å². The molecule has 1 aliphatic carbocycles. The lowest BCUT2D eigenvalue weighted by Gasteiger charge is -2.24. The summed E-state index contributed by atoms with van der Waals surface area (Å²) in [5.74, 6) is 5.29. The summed E-state index contributed by atoms with van der Waals surface area (Å²) in [6.45, 7) is 0. The van der Waals surface area contributed by atoms with E-state index in [-0.39, 0.29) is 11.9 Å². The topological polar surface area (TPSA) is 80.0 Å². The maximum absolute atomic E-state index is 12.4. The largest absolute Gasteiger partial charge is 0.345 e. The van der Waals surface area contributed by atoms with Gasteiger partial charge in [-0.3, -0.25) is 15.6 Å². The van der Waals surface area contributed by atoms with Crippen molar-refractivity contribution < 1.29 is 4.79 Å². The monoisotopic (exact) mass is 288 g/mol. The first-order valence-corrected chi connectivity index (χ1v) is 7.45. The van der Waals surface area contributed by atoms with Crippen LogP contribution in [0, 0.1) is 0 Å². The van der Waals surface area contributed by atoms with Gasteiger partial charge in [0.2, 0.25) is 0 Å². The number of carbonyl (C=O) groups is 1. The summed E-state index contributed by atoms with van der Waals surface area (Å²) in [7, 11) is 0. The minimum atomic E-state index is -0.121. The number of carbonyl (C=O) groups excluding carboxylic acids is 1. The van der Waals surface area contributed by atoms with Crippen LogP contribution in [-0.4, -0.2) is 10.9 Å². The van der Waals surface area contributed by atoms with E-state index in [2.05, 4.69) is 27.2 Å². The first kappa shape index (κ1) is 13.1. The predicted molar refractivity (Wildman–Crippen MR) is 79.5 cm³/mol. The van der Waals surface area contributed by atoms with E-state index in [1.807, 2.05) is 0 Å². The Bertz CT molecular complexity index is 625. The molecule has 0 saturated heterocycles. The number of pyridine rings is 1. The van der Waals surface area contributed by atoms with Crippen LogP contribution in [0.15, 0.2) is 29.9 Å². The smallest absolute Gasteiger partial charge is 0.254 e. The number of hydrogen-bond donors (Lipinski definition) is 3. The molecule has 0 bridgehead atoms. The summed E-state index contributed by atoms with van der Waals surface area (Å²) >= 11 is 1.77. The van der Waals surface area contributed by atoms with E-state index < -0.39 is 0 Å². The first-order chi connectivity index (χ1) is 9.79. The van der Waals surface area contributed by atoms with Crippen LogP contribution in [0.2, 0.25) is 0 Å². The van der Waals surface area contributed by atoms with Gasteiger partial charge >= 0.3 is 0 Å². The zero-order valence-electron chi connectivity index (χ0n) is 10.9. The van der Waals surface area contributed by atoms with Crippen molar-refractivity contribution in [1.29, 1.82) is 0 Å². The Morgan fingerprint density at radius 2 is 2.35 bits per heavy atom. The molecule has 0 spiro atoms. The number of amides is 1. The molecular formula is C14H16N4OS. The van der Waals surface area contributed by atoms with Crippen LogP contribution >= 0.6 is 11.3 Å². The lowest BCUT2D eigenvalue weighted by Crippen LogP contribution is -2.31. The lowest BCUT2D eigenvalue weighted by molar-refractivity contribution is 0.0933. The van der Waals surface area contributed by atoms with Crippen LogP contribution < -0.4 is 16.6 Å². The molecule has 0 radical (unpaired) electrons. The minimum absolute atomic E-state index is 0.0938. The molecule has 1 aliphatic rings. The highest BCUT2D eigenvalue weighted by molar-refractivity contribution is 7.10. The highest BCUT2D eigenvalue weighted by Crippen LogP contribution is 2.33. The van der Waals surface area contributed by atoms with Crippen molar-refractivity contribution in [3.05, 3.63) is 45.9 Å². The average molecular weight is 288 g/mol. The third-order valence-electron chi connectivity index (χ3n) is 3.58. The number of fused-ring (bicyclic) bond motifs is 1. The second kappa shape index (κ2) is 5.60. The molecule has 3 rings (SSSR count). The van der Waals surface area contributed by atoms with Crippen LogP contribution in [-0.2, 0) is 6.42 Å². The van der Waals surface area contributed by atoms with Gasteiger partial charge in [0.05, 0.1) is 23.5 Å². The summed E-state index contributed by atoms with van der Waals surface area (Å²) in [5.41, 5.74) is 4.81. The average Bonchev–Trinajstić information content (AvgIpc) is 2.96. The molecule has 0 fully saturated rings. The summed E-state index contributed by atoms with van der Waals surface area (Å²) in [4.78, 5) is 17.7. The van der Waals surface area contributed by atoms with Crippen LogP contribution in [0.25, 0.3) is 0 Å². The van der Waals surface area contributed by atoms with E-state index in [0.29, 0.717) is 11.3 Å². The molecule has 4 N–H and O–H groups in total. The maximum Gasteiger partial charge on any atom is 0.254 e. The highest BCUT2D eigenvalue weighted by atomic mass is 32.1. The van der Waals surface area contributed by atoms with E-state index in [1.54, 1.807) is 29.8 Å². The number of aromatic nitrogens is 1. The number of nitrogen functional groups attached to an aromatic ring is 1. The first-order valence-electron chi connectivity index (χ1n) is 6.57. The third-order valence-corrected chi connectivity index (χ3v) is 4.57. The number of anilines is 1. The molecule has 0 aliphatic heterocycles. The number of hydrogen-bond acceptors (Lipinski definition) is 5. The van der Waals surface area contributed by atoms with Crippen LogP contribution in [0.5, 0.6) is 0 Å². The van der Waals surface area contributed by atoms with Crippen molar-refractivity contribution in [1.82, 2.24) is 10.3 Å². The van der Waals surface area contributed by atoms with Gasteiger partial charge in [-0.1, -0.05) is 0 Å². The Morgan fingerprint density at radius 3 is 3.20 bits per heavy atom. The van der Waals surface area contributed by atoms with E-state index >= 15 is 0 Å². The van der Waals surface area contributed by atoms with Gasteiger partial charge in [-0.2, -0.15) is 0 Å². The number of hydrazine groups is 1. The van der Waals surface area contributed by atoms with Gasteiger partial charge in [0.25, 0.3) is 5.91 Å². The Balaban J connectivity index is 1.81. The van der Waals surface area contributed by atoms with E-state index in [9.17, 15) is 4.79 Å². The molecule has 20 heavy (non-hydrogen) atoms. The number of rotatable bonds is 3. The molecule has 0 aromatic carbocycles. The summed E-state index contributed by atoms with van der Waals surface area (Å²) < 4.78 is 0. The number of thiophene rings is 1. The Hall–Kier alpha value is -1.92. The van der Waals surface area contributed by atoms with Crippen molar-refractivity contribution in [2.24, 2.45) is 5.84 Å². The van der Waals surface area contributed by atoms with Crippen LogP contribution in [0.4, 0.5) is 5.69 Å². The van der Waals surface area contributed by atoms with Gasteiger partial charge in [-0.05, 0) is 42.3 Å². The Morgan fingerprint density at radius 1 is 1.45 bits per heavy atom. The molecule has 0 saturated carbocycles. The predicted octanol–water partition coefficient (Wildman–Crippen LogP) is 2.24. The third kappa shape index (κ3) is 2.39. The van der Waals surface area contributed by atoms with E-state index in [4.69, 9.17) is 5.84 Å². The van der Waals surface area contributed by atoms with Crippen molar-refractivity contribution in [2.45, 2.75) is 25.3 Å². The summed E-state index contributed by atoms with van der Waals surface area (Å²) in [5, 5.41) is 5.19. The van der Waals surface area contributed by atoms with Gasteiger partial charge in [-0.15, -0.1) is 11.3 Å².